The van der Waals surface area contributed by atoms with Crippen LogP contribution in [-0.4, -0.2) is 34.0 Å². The normalized spacial score (nSPS) is 10.4. The lowest BCUT2D eigenvalue weighted by Gasteiger charge is -2.07. The van der Waals surface area contributed by atoms with Gasteiger partial charge in [0.15, 0.2) is 5.69 Å². The fourth-order valence-electron chi connectivity index (χ4n) is 2.60. The van der Waals surface area contributed by atoms with Crippen molar-refractivity contribution >= 4 is 17.6 Å². The molecule has 0 aliphatic heterocycles. The lowest BCUT2D eigenvalue weighted by molar-refractivity contribution is 0.0600. The van der Waals surface area contributed by atoms with Gasteiger partial charge >= 0.3 is 5.97 Å². The molecule has 7 heteroatoms. The van der Waals surface area contributed by atoms with Crippen molar-refractivity contribution in [3.05, 3.63) is 71.5 Å². The van der Waals surface area contributed by atoms with Gasteiger partial charge in [0, 0.05) is 5.69 Å². The fourth-order valence-corrected chi connectivity index (χ4v) is 2.60. The number of methoxy groups -OCH3 is 1. The molecule has 0 fully saturated rings. The number of carbonyl (C=O) groups is 2. The number of para-hydroxylation sites is 1. The van der Waals surface area contributed by atoms with Gasteiger partial charge in [0.2, 0.25) is 0 Å². The summed E-state index contributed by atoms with van der Waals surface area (Å²) >= 11 is 0. The average molecular weight is 350 g/mol. The zero-order valence-electron chi connectivity index (χ0n) is 14.5. The van der Waals surface area contributed by atoms with Crippen LogP contribution in [0.1, 0.15) is 33.5 Å². The average Bonchev–Trinajstić information content (AvgIpc) is 3.12. The van der Waals surface area contributed by atoms with Gasteiger partial charge in [-0.15, -0.1) is 5.10 Å². The van der Waals surface area contributed by atoms with Crippen LogP contribution >= 0.6 is 0 Å². The Bertz CT molecular complexity index is 935. The number of hydrogen-bond acceptors (Lipinski definition) is 5. The molecule has 3 rings (SSSR count). The van der Waals surface area contributed by atoms with E-state index < -0.39 is 5.97 Å². The first-order chi connectivity index (χ1) is 12.6. The molecule has 0 saturated heterocycles. The standard InChI is InChI=1S/C19H18N4O3/c1-3-16-17(21-22-23(16)15-10-5-4-6-11-15)18(24)20-14-9-7-8-13(12-14)19(25)26-2/h4-12H,3H2,1-2H3,(H,20,24). The van der Waals surface area contributed by atoms with E-state index in [4.69, 9.17) is 4.74 Å². The van der Waals surface area contributed by atoms with Crippen LogP contribution < -0.4 is 5.32 Å². The maximum absolute atomic E-state index is 12.6. The van der Waals surface area contributed by atoms with Gasteiger partial charge in [0.05, 0.1) is 24.1 Å². The summed E-state index contributed by atoms with van der Waals surface area (Å²) in [5.74, 6) is -0.851. The molecular formula is C19H18N4O3. The minimum absolute atomic E-state index is 0.250. The molecule has 0 spiro atoms. The highest BCUT2D eigenvalue weighted by atomic mass is 16.5. The Morgan fingerprint density at radius 3 is 2.58 bits per heavy atom. The molecule has 1 heterocycles. The van der Waals surface area contributed by atoms with Crippen LogP contribution in [0.4, 0.5) is 5.69 Å². The maximum Gasteiger partial charge on any atom is 0.337 e. The van der Waals surface area contributed by atoms with Crippen LogP contribution in [0.25, 0.3) is 5.69 Å². The van der Waals surface area contributed by atoms with Crippen LogP contribution in [0.5, 0.6) is 0 Å². The summed E-state index contributed by atoms with van der Waals surface area (Å²) in [7, 11) is 1.31. The smallest absolute Gasteiger partial charge is 0.337 e. The number of ether oxygens (including phenoxy) is 1. The van der Waals surface area contributed by atoms with Gasteiger partial charge in [-0.05, 0) is 36.8 Å². The molecule has 0 bridgehead atoms. The predicted molar refractivity (Wildman–Crippen MR) is 96.5 cm³/mol. The van der Waals surface area contributed by atoms with E-state index in [1.807, 2.05) is 37.3 Å². The summed E-state index contributed by atoms with van der Waals surface area (Å²) in [5.41, 5.74) is 2.63. The molecule has 1 aromatic heterocycles. The topological polar surface area (TPSA) is 86.1 Å². The number of nitrogens with one attached hydrogen (secondary N) is 1. The summed E-state index contributed by atoms with van der Waals surface area (Å²) in [6.45, 7) is 1.94. The van der Waals surface area contributed by atoms with Crippen molar-refractivity contribution in [1.29, 1.82) is 0 Å². The maximum atomic E-state index is 12.6. The summed E-state index contributed by atoms with van der Waals surface area (Å²) in [4.78, 5) is 24.3. The Labute approximate surface area is 150 Å². The van der Waals surface area contributed by atoms with Crippen molar-refractivity contribution in [3.63, 3.8) is 0 Å². The molecule has 0 radical (unpaired) electrons. The number of hydrogen-bond donors (Lipinski definition) is 1. The monoisotopic (exact) mass is 350 g/mol. The van der Waals surface area contributed by atoms with Crippen molar-refractivity contribution in [2.24, 2.45) is 0 Å². The van der Waals surface area contributed by atoms with E-state index in [2.05, 4.69) is 15.6 Å². The van der Waals surface area contributed by atoms with Crippen molar-refractivity contribution in [2.45, 2.75) is 13.3 Å². The minimum atomic E-state index is -0.467. The van der Waals surface area contributed by atoms with Gasteiger partial charge in [0.25, 0.3) is 5.91 Å². The van der Waals surface area contributed by atoms with E-state index in [1.54, 1.807) is 28.9 Å². The highest BCUT2D eigenvalue weighted by Gasteiger charge is 2.19. The zero-order chi connectivity index (χ0) is 18.5. The van der Waals surface area contributed by atoms with Crippen molar-refractivity contribution in [2.75, 3.05) is 12.4 Å². The van der Waals surface area contributed by atoms with E-state index in [-0.39, 0.29) is 11.6 Å². The highest BCUT2D eigenvalue weighted by molar-refractivity contribution is 6.04. The Balaban J connectivity index is 1.87. The lowest BCUT2D eigenvalue weighted by Crippen LogP contribution is -2.15. The number of carbonyl (C=O) groups excluding carboxylic acids is 2. The Morgan fingerprint density at radius 2 is 1.88 bits per heavy atom. The SMILES string of the molecule is CCc1c(C(=O)Nc2cccc(C(=O)OC)c2)nnn1-c1ccccc1. The first-order valence-corrected chi connectivity index (χ1v) is 8.13. The lowest BCUT2D eigenvalue weighted by atomic mass is 10.2. The molecule has 26 heavy (non-hydrogen) atoms. The Kier molecular flexibility index (Phi) is 5.07. The van der Waals surface area contributed by atoms with Gasteiger partial charge < -0.3 is 10.1 Å². The van der Waals surface area contributed by atoms with Gasteiger partial charge in [-0.25, -0.2) is 9.48 Å². The molecule has 0 unspecified atom stereocenters. The number of anilines is 1. The number of nitrogens with zero attached hydrogens (tertiary/aromatic N) is 3. The molecular weight excluding hydrogens is 332 g/mol. The molecule has 7 nitrogen and oxygen atoms in total. The van der Waals surface area contributed by atoms with Crippen molar-refractivity contribution < 1.29 is 14.3 Å². The first kappa shape index (κ1) is 17.3. The third kappa shape index (κ3) is 3.46. The number of amides is 1. The summed E-state index contributed by atoms with van der Waals surface area (Å²) in [6, 6.07) is 16.0. The predicted octanol–water partition coefficient (Wildman–Crippen LogP) is 2.87. The van der Waals surface area contributed by atoms with Crippen LogP contribution in [-0.2, 0) is 11.2 Å². The van der Waals surface area contributed by atoms with Crippen molar-refractivity contribution in [3.8, 4) is 5.69 Å². The van der Waals surface area contributed by atoms with E-state index in [0.717, 1.165) is 5.69 Å². The minimum Gasteiger partial charge on any atom is -0.465 e. The van der Waals surface area contributed by atoms with E-state index >= 15 is 0 Å². The number of aromatic nitrogens is 3. The Hall–Kier alpha value is -3.48. The first-order valence-electron chi connectivity index (χ1n) is 8.13. The molecule has 0 saturated carbocycles. The molecule has 1 N–H and O–H groups in total. The Morgan fingerprint density at radius 1 is 1.12 bits per heavy atom. The van der Waals surface area contributed by atoms with Gasteiger partial charge in [-0.3, -0.25) is 4.79 Å². The highest BCUT2D eigenvalue weighted by Crippen LogP contribution is 2.17. The van der Waals surface area contributed by atoms with E-state index in [0.29, 0.717) is 23.4 Å². The molecule has 0 aliphatic rings. The van der Waals surface area contributed by atoms with Crippen LogP contribution in [0.3, 0.4) is 0 Å². The van der Waals surface area contributed by atoms with Crippen LogP contribution in [0.15, 0.2) is 54.6 Å². The zero-order valence-corrected chi connectivity index (χ0v) is 14.5. The summed E-state index contributed by atoms with van der Waals surface area (Å²) in [5, 5.41) is 10.9. The van der Waals surface area contributed by atoms with Crippen molar-refractivity contribution in [1.82, 2.24) is 15.0 Å². The molecule has 0 atom stereocenters. The van der Waals surface area contributed by atoms with Gasteiger partial charge in [0.1, 0.15) is 0 Å². The van der Waals surface area contributed by atoms with Crippen LogP contribution in [0.2, 0.25) is 0 Å². The molecule has 132 valence electrons. The third-order valence-corrected chi connectivity index (χ3v) is 3.86. The molecule has 3 aromatic rings. The van der Waals surface area contributed by atoms with Crippen LogP contribution in [0, 0.1) is 0 Å². The third-order valence-electron chi connectivity index (χ3n) is 3.86. The second-order valence-electron chi connectivity index (χ2n) is 5.51. The number of benzene rings is 2. The molecule has 0 aliphatic carbocycles. The van der Waals surface area contributed by atoms with Gasteiger partial charge in [-0.2, -0.15) is 0 Å². The number of esters is 1. The van der Waals surface area contributed by atoms with Gasteiger partial charge in [-0.1, -0.05) is 36.4 Å². The van der Waals surface area contributed by atoms with E-state index in [1.165, 1.54) is 7.11 Å². The van der Waals surface area contributed by atoms with E-state index in [9.17, 15) is 9.59 Å². The second-order valence-corrected chi connectivity index (χ2v) is 5.51. The fraction of sp³-hybridized carbons (Fsp3) is 0.158. The molecule has 1 amide bonds. The number of rotatable bonds is 5. The quantitative estimate of drug-likeness (QED) is 0.715. The summed E-state index contributed by atoms with van der Waals surface area (Å²) in [6.07, 6.45) is 0.590. The molecule has 2 aromatic carbocycles. The second kappa shape index (κ2) is 7.60. The largest absolute Gasteiger partial charge is 0.465 e. The summed E-state index contributed by atoms with van der Waals surface area (Å²) < 4.78 is 6.34.